The van der Waals surface area contributed by atoms with E-state index >= 15 is 0 Å². The minimum atomic E-state index is -0.992. The van der Waals surface area contributed by atoms with Crippen molar-refractivity contribution in [1.29, 1.82) is 0 Å². The van der Waals surface area contributed by atoms with Crippen molar-refractivity contribution in [3.8, 4) is 22.9 Å². The highest BCUT2D eigenvalue weighted by Crippen LogP contribution is 2.41. The van der Waals surface area contributed by atoms with E-state index in [1.807, 2.05) is 18.2 Å². The highest BCUT2D eigenvalue weighted by molar-refractivity contribution is 7.98. The van der Waals surface area contributed by atoms with Crippen molar-refractivity contribution in [3.05, 3.63) is 58.1 Å². The first-order valence-electron chi connectivity index (χ1n) is 7.83. The average molecular weight is 382 g/mol. The van der Waals surface area contributed by atoms with Crippen LogP contribution in [0.15, 0.2) is 47.6 Å². The lowest BCUT2D eigenvalue weighted by atomic mass is 10.1. The Morgan fingerprint density at radius 1 is 1.22 bits per heavy atom. The van der Waals surface area contributed by atoms with Crippen LogP contribution in [0.4, 0.5) is 11.4 Å². The second-order valence-electron chi connectivity index (χ2n) is 5.62. The molecule has 136 valence electrons. The number of nitrogens with zero attached hydrogens (tertiary/aromatic N) is 4. The third-order valence-electron chi connectivity index (χ3n) is 3.99. The molecule has 0 radical (unpaired) electrons. The molecule has 2 aromatic carbocycles. The van der Waals surface area contributed by atoms with Gasteiger partial charge in [-0.25, -0.2) is 0 Å². The summed E-state index contributed by atoms with van der Waals surface area (Å²) >= 11 is 1.29. The zero-order valence-corrected chi connectivity index (χ0v) is 14.8. The third-order valence-corrected chi connectivity index (χ3v) is 4.53. The lowest BCUT2D eigenvalue weighted by Gasteiger charge is -2.20. The smallest absolute Gasteiger partial charge is 0.278 e. The molecule has 9 nitrogen and oxygen atoms in total. The number of para-hydroxylation sites is 1. The summed E-state index contributed by atoms with van der Waals surface area (Å²) in [6.45, 7) is 0. The molecule has 0 saturated carbocycles. The van der Waals surface area contributed by atoms with E-state index in [9.17, 15) is 15.2 Å². The fourth-order valence-corrected chi connectivity index (χ4v) is 3.08. The van der Waals surface area contributed by atoms with Crippen LogP contribution >= 0.6 is 11.8 Å². The van der Waals surface area contributed by atoms with Crippen molar-refractivity contribution < 1.29 is 14.8 Å². The molecule has 0 amide bonds. The molecule has 0 saturated heterocycles. The van der Waals surface area contributed by atoms with Crippen LogP contribution in [0, 0.1) is 10.1 Å². The zero-order valence-electron chi connectivity index (χ0n) is 13.9. The monoisotopic (exact) mass is 382 g/mol. The van der Waals surface area contributed by atoms with E-state index < -0.39 is 11.2 Å². The Morgan fingerprint density at radius 3 is 2.81 bits per heavy atom. The molecule has 1 aromatic heterocycles. The molecule has 3 aromatic rings. The highest BCUT2D eigenvalue weighted by atomic mass is 32.2. The quantitative estimate of drug-likeness (QED) is 0.413. The second-order valence-corrected chi connectivity index (χ2v) is 6.39. The Bertz CT molecular complexity index is 1050. The number of aromatic nitrogens is 3. The standard InChI is InChI=1S/C17H13N5O4S/c1-27-17-19-16-14(20-21-17)10-4-2-3-5-12(10)18-15(26-16)11-8-9(23)6-7-13(11)22(24)25/h2-8,15,18,23H,1H3/p-1/t15-/m1/s1. The van der Waals surface area contributed by atoms with Crippen molar-refractivity contribution in [2.75, 3.05) is 11.6 Å². The Hall–Kier alpha value is -3.40. The number of nitro benzene ring substituents is 1. The maximum atomic E-state index is 11.8. The molecule has 0 fully saturated rings. The van der Waals surface area contributed by atoms with Gasteiger partial charge in [0.2, 0.25) is 17.3 Å². The molecule has 2 heterocycles. The number of fused-ring (bicyclic) bond motifs is 3. The molecule has 1 atom stereocenters. The molecule has 0 unspecified atom stereocenters. The normalized spacial score (nSPS) is 14.9. The van der Waals surface area contributed by atoms with Gasteiger partial charge in [-0.15, -0.1) is 15.9 Å². The van der Waals surface area contributed by atoms with Crippen LogP contribution in [0.3, 0.4) is 0 Å². The first-order valence-corrected chi connectivity index (χ1v) is 9.06. The maximum absolute atomic E-state index is 11.8. The largest absolute Gasteiger partial charge is 0.872 e. The Kier molecular flexibility index (Phi) is 4.24. The zero-order chi connectivity index (χ0) is 19.0. The molecular formula is C17H12N5O4S-. The number of nitrogens with one attached hydrogen (secondary N) is 1. The van der Waals surface area contributed by atoms with E-state index in [4.69, 9.17) is 4.74 Å². The summed E-state index contributed by atoms with van der Waals surface area (Å²) in [5.41, 5.74) is 1.64. The van der Waals surface area contributed by atoms with Crippen LogP contribution in [0.5, 0.6) is 11.6 Å². The van der Waals surface area contributed by atoms with Gasteiger partial charge in [0.25, 0.3) is 5.69 Å². The molecule has 27 heavy (non-hydrogen) atoms. The van der Waals surface area contributed by atoms with E-state index in [2.05, 4.69) is 20.5 Å². The maximum Gasteiger partial charge on any atom is 0.278 e. The van der Waals surface area contributed by atoms with Crippen LogP contribution < -0.4 is 15.2 Å². The molecule has 1 aliphatic heterocycles. The Balaban J connectivity index is 1.91. The van der Waals surface area contributed by atoms with E-state index in [1.165, 1.54) is 23.9 Å². The Labute approximate surface area is 157 Å². The molecular weight excluding hydrogens is 370 g/mol. The van der Waals surface area contributed by atoms with Crippen LogP contribution in [-0.4, -0.2) is 26.4 Å². The lowest BCUT2D eigenvalue weighted by molar-refractivity contribution is -0.386. The third kappa shape index (κ3) is 3.10. The summed E-state index contributed by atoms with van der Waals surface area (Å²) in [6.07, 6.45) is 0.809. The average Bonchev–Trinajstić information content (AvgIpc) is 2.83. The van der Waals surface area contributed by atoms with Gasteiger partial charge in [-0.1, -0.05) is 42.1 Å². The van der Waals surface area contributed by atoms with Crippen molar-refractivity contribution in [1.82, 2.24) is 15.2 Å². The van der Waals surface area contributed by atoms with E-state index in [0.717, 1.165) is 6.07 Å². The molecule has 4 rings (SSSR count). The van der Waals surface area contributed by atoms with Crippen molar-refractivity contribution >= 4 is 23.1 Å². The van der Waals surface area contributed by atoms with Crippen molar-refractivity contribution in [2.45, 2.75) is 11.4 Å². The first-order chi connectivity index (χ1) is 13.1. The summed E-state index contributed by atoms with van der Waals surface area (Å²) in [7, 11) is 0. The van der Waals surface area contributed by atoms with Gasteiger partial charge < -0.3 is 15.2 Å². The highest BCUT2D eigenvalue weighted by Gasteiger charge is 2.30. The van der Waals surface area contributed by atoms with Gasteiger partial charge in [-0.2, -0.15) is 4.98 Å². The van der Waals surface area contributed by atoms with Gasteiger partial charge in [-0.05, 0) is 12.3 Å². The van der Waals surface area contributed by atoms with Crippen LogP contribution in [0.2, 0.25) is 0 Å². The van der Waals surface area contributed by atoms with E-state index in [0.29, 0.717) is 22.1 Å². The minimum absolute atomic E-state index is 0.111. The van der Waals surface area contributed by atoms with Gasteiger partial charge in [0.15, 0.2) is 5.69 Å². The molecule has 1 aliphatic rings. The van der Waals surface area contributed by atoms with Crippen molar-refractivity contribution in [3.63, 3.8) is 0 Å². The van der Waals surface area contributed by atoms with Crippen LogP contribution in [0.25, 0.3) is 11.3 Å². The SMILES string of the molecule is CSc1nnc2c(n1)O[C@H](c1cc([O-])ccc1[N+](=O)[O-])Nc1ccccc1-2. The number of benzene rings is 2. The van der Waals surface area contributed by atoms with Crippen LogP contribution in [0.1, 0.15) is 11.8 Å². The van der Waals surface area contributed by atoms with Gasteiger partial charge in [0.05, 0.1) is 10.5 Å². The van der Waals surface area contributed by atoms with E-state index in [1.54, 1.807) is 12.3 Å². The number of rotatable bonds is 3. The predicted molar refractivity (Wildman–Crippen MR) is 96.6 cm³/mol. The number of hydrogen-bond donors (Lipinski definition) is 1. The summed E-state index contributed by atoms with van der Waals surface area (Å²) in [5, 5.41) is 35.0. The van der Waals surface area contributed by atoms with Gasteiger partial charge in [0, 0.05) is 17.3 Å². The first kappa shape index (κ1) is 17.0. The van der Waals surface area contributed by atoms with E-state index in [-0.39, 0.29) is 22.9 Å². The molecule has 0 spiro atoms. The summed E-state index contributed by atoms with van der Waals surface area (Å²) in [6, 6.07) is 10.8. The molecule has 1 N–H and O–H groups in total. The minimum Gasteiger partial charge on any atom is -0.872 e. The predicted octanol–water partition coefficient (Wildman–Crippen LogP) is 2.75. The van der Waals surface area contributed by atoms with Crippen molar-refractivity contribution in [2.24, 2.45) is 0 Å². The van der Waals surface area contributed by atoms with Crippen LogP contribution in [-0.2, 0) is 0 Å². The topological polar surface area (TPSA) is 126 Å². The number of anilines is 1. The molecule has 0 bridgehead atoms. The fraction of sp³-hybridized carbons (Fsp3) is 0.118. The number of nitro groups is 1. The molecule has 0 aliphatic carbocycles. The van der Waals surface area contributed by atoms with Gasteiger partial charge in [0.1, 0.15) is 0 Å². The van der Waals surface area contributed by atoms with Gasteiger partial charge >= 0.3 is 0 Å². The number of ether oxygens (including phenoxy) is 1. The second kappa shape index (κ2) is 6.72. The number of thioether (sulfide) groups is 1. The Morgan fingerprint density at radius 2 is 2.04 bits per heavy atom. The fourth-order valence-electron chi connectivity index (χ4n) is 2.78. The summed E-state index contributed by atoms with van der Waals surface area (Å²) in [4.78, 5) is 15.2. The number of hydrogen-bond acceptors (Lipinski definition) is 9. The summed E-state index contributed by atoms with van der Waals surface area (Å²) < 4.78 is 5.93. The molecule has 10 heteroatoms. The lowest BCUT2D eigenvalue weighted by Crippen LogP contribution is -2.19. The summed E-state index contributed by atoms with van der Waals surface area (Å²) in [5.74, 6) is -0.174. The van der Waals surface area contributed by atoms with Gasteiger partial charge in [-0.3, -0.25) is 10.1 Å².